The molecule has 0 heterocycles. The molecule has 0 saturated heterocycles. The second-order valence-electron chi connectivity index (χ2n) is 7.44. The van der Waals surface area contributed by atoms with Crippen LogP contribution in [-0.2, 0) is 4.79 Å². The van der Waals surface area contributed by atoms with Crippen molar-refractivity contribution in [2.24, 2.45) is 0 Å². The number of carbonyl (C=O) groups is 1. The minimum atomic E-state index is -0.934. The van der Waals surface area contributed by atoms with E-state index in [0.717, 1.165) is 42.3 Å². The summed E-state index contributed by atoms with van der Waals surface area (Å²) in [5, 5.41) is 12.0. The van der Waals surface area contributed by atoms with Crippen LogP contribution in [0, 0.1) is 5.82 Å². The third-order valence-electron chi connectivity index (χ3n) is 4.89. The van der Waals surface area contributed by atoms with Gasteiger partial charge in [0.05, 0.1) is 0 Å². The molecule has 0 aliphatic carbocycles. The van der Waals surface area contributed by atoms with Crippen LogP contribution in [0.3, 0.4) is 0 Å². The van der Waals surface area contributed by atoms with Crippen molar-refractivity contribution < 1.29 is 14.3 Å². The van der Waals surface area contributed by atoms with Gasteiger partial charge in [-0.25, -0.2) is 9.18 Å². The number of benzene rings is 2. The van der Waals surface area contributed by atoms with Crippen molar-refractivity contribution in [1.29, 1.82) is 0 Å². The second kappa shape index (κ2) is 14.2. The van der Waals surface area contributed by atoms with E-state index in [1.807, 2.05) is 24.3 Å². The molecular formula is C26H32FNO2. The Labute approximate surface area is 179 Å². The van der Waals surface area contributed by atoms with Gasteiger partial charge < -0.3 is 10.4 Å². The van der Waals surface area contributed by atoms with Gasteiger partial charge in [-0.2, -0.15) is 0 Å². The summed E-state index contributed by atoms with van der Waals surface area (Å²) in [5.41, 5.74) is 3.00. The number of nitrogens with one attached hydrogen (secondary N) is 1. The van der Waals surface area contributed by atoms with Gasteiger partial charge in [0, 0.05) is 18.3 Å². The Hall–Kier alpha value is -2.88. The van der Waals surface area contributed by atoms with Crippen LogP contribution in [0.4, 0.5) is 10.1 Å². The van der Waals surface area contributed by atoms with E-state index in [2.05, 4.69) is 17.5 Å². The summed E-state index contributed by atoms with van der Waals surface area (Å²) in [6.07, 6.45) is 16.7. The normalized spacial score (nSPS) is 11.4. The van der Waals surface area contributed by atoms with Crippen molar-refractivity contribution in [2.45, 2.75) is 51.4 Å². The second-order valence-corrected chi connectivity index (χ2v) is 7.44. The molecule has 2 N–H and O–H groups in total. The number of aliphatic carboxylic acids is 1. The Balaban J connectivity index is 1.43. The fraction of sp³-hybridized carbons (Fsp3) is 0.346. The van der Waals surface area contributed by atoms with Crippen molar-refractivity contribution in [3.8, 4) is 0 Å². The minimum Gasteiger partial charge on any atom is -0.478 e. The lowest BCUT2D eigenvalue weighted by atomic mass is 10.1. The van der Waals surface area contributed by atoms with Crippen LogP contribution in [0.15, 0.2) is 60.7 Å². The first-order valence-corrected chi connectivity index (χ1v) is 10.8. The van der Waals surface area contributed by atoms with E-state index in [0.29, 0.717) is 0 Å². The van der Waals surface area contributed by atoms with Crippen LogP contribution in [0.25, 0.3) is 12.2 Å². The molecule has 0 fully saturated rings. The summed E-state index contributed by atoms with van der Waals surface area (Å²) >= 11 is 0. The lowest BCUT2D eigenvalue weighted by Gasteiger charge is -2.06. The lowest BCUT2D eigenvalue weighted by molar-refractivity contribution is -0.131. The van der Waals surface area contributed by atoms with Gasteiger partial charge in [0.2, 0.25) is 0 Å². The molecule has 4 heteroatoms. The van der Waals surface area contributed by atoms with Gasteiger partial charge in [0.1, 0.15) is 5.82 Å². The van der Waals surface area contributed by atoms with E-state index in [1.165, 1.54) is 50.7 Å². The predicted octanol–water partition coefficient (Wildman–Crippen LogP) is 7.17. The third-order valence-corrected chi connectivity index (χ3v) is 4.89. The summed E-state index contributed by atoms with van der Waals surface area (Å²) < 4.78 is 12.8. The average Bonchev–Trinajstić information content (AvgIpc) is 2.75. The summed E-state index contributed by atoms with van der Waals surface area (Å²) in [6.45, 7) is 0.957. The summed E-state index contributed by atoms with van der Waals surface area (Å²) in [6, 6.07) is 14.4. The van der Waals surface area contributed by atoms with E-state index in [9.17, 15) is 9.18 Å². The quantitative estimate of drug-likeness (QED) is 0.257. The molecule has 0 aliphatic heterocycles. The number of carboxylic acid groups (broad SMARTS) is 1. The standard InChI is InChI=1S/C26H32FNO2/c27-24-16-11-22(12-17-24)10-8-6-4-2-1-3-5-7-9-21-28-25-18-13-23(14-19-25)15-20-26(29)30/h8,10-20,28H,1-7,9,21H2,(H,29,30). The number of hydrogen-bond donors (Lipinski definition) is 2. The van der Waals surface area contributed by atoms with Gasteiger partial charge in [0.15, 0.2) is 0 Å². The largest absolute Gasteiger partial charge is 0.478 e. The average molecular weight is 410 g/mol. The minimum absolute atomic E-state index is 0.191. The number of unbranched alkanes of at least 4 members (excludes halogenated alkanes) is 7. The number of carboxylic acids is 1. The molecule has 160 valence electrons. The molecule has 2 aromatic rings. The summed E-state index contributed by atoms with van der Waals surface area (Å²) in [7, 11) is 0. The maximum absolute atomic E-state index is 12.8. The Kier molecular flexibility index (Phi) is 11.0. The van der Waals surface area contributed by atoms with Crippen LogP contribution in [0.2, 0.25) is 0 Å². The first-order chi connectivity index (χ1) is 14.6. The highest BCUT2D eigenvalue weighted by Gasteiger charge is 1.95. The molecule has 2 aromatic carbocycles. The first-order valence-electron chi connectivity index (χ1n) is 10.8. The van der Waals surface area contributed by atoms with E-state index >= 15 is 0 Å². The molecular weight excluding hydrogens is 377 g/mol. The molecule has 2 rings (SSSR count). The molecule has 0 saturated carbocycles. The zero-order valence-corrected chi connectivity index (χ0v) is 17.5. The number of anilines is 1. The van der Waals surface area contributed by atoms with Crippen LogP contribution >= 0.6 is 0 Å². The number of rotatable bonds is 14. The van der Waals surface area contributed by atoms with Crippen LogP contribution in [0.1, 0.15) is 62.5 Å². The molecule has 0 aliphatic rings. The van der Waals surface area contributed by atoms with Crippen LogP contribution < -0.4 is 5.32 Å². The van der Waals surface area contributed by atoms with Gasteiger partial charge in [-0.05, 0) is 60.7 Å². The Morgan fingerprint density at radius 2 is 1.37 bits per heavy atom. The van der Waals surface area contributed by atoms with Gasteiger partial charge in [-0.3, -0.25) is 0 Å². The maximum atomic E-state index is 12.8. The Morgan fingerprint density at radius 1 is 0.800 bits per heavy atom. The van der Waals surface area contributed by atoms with Gasteiger partial charge in [-0.15, -0.1) is 0 Å². The third kappa shape index (κ3) is 10.6. The zero-order valence-electron chi connectivity index (χ0n) is 17.5. The predicted molar refractivity (Wildman–Crippen MR) is 124 cm³/mol. The molecule has 0 bridgehead atoms. The van der Waals surface area contributed by atoms with Crippen LogP contribution in [0.5, 0.6) is 0 Å². The highest BCUT2D eigenvalue weighted by molar-refractivity contribution is 5.85. The fourth-order valence-electron chi connectivity index (χ4n) is 3.18. The Bertz CT molecular complexity index is 795. The van der Waals surface area contributed by atoms with Crippen molar-refractivity contribution >= 4 is 23.8 Å². The SMILES string of the molecule is O=C(O)C=Cc1ccc(NCCCCCCCCCC=Cc2ccc(F)cc2)cc1. The first kappa shape index (κ1) is 23.4. The van der Waals surface area contributed by atoms with Gasteiger partial charge in [0.25, 0.3) is 0 Å². The van der Waals surface area contributed by atoms with Crippen molar-refractivity contribution in [3.05, 3.63) is 77.6 Å². The van der Waals surface area contributed by atoms with Gasteiger partial charge >= 0.3 is 5.97 Å². The number of allylic oxidation sites excluding steroid dienone is 1. The van der Waals surface area contributed by atoms with E-state index in [4.69, 9.17) is 5.11 Å². The number of hydrogen-bond acceptors (Lipinski definition) is 2. The van der Waals surface area contributed by atoms with E-state index in [-0.39, 0.29) is 5.82 Å². The van der Waals surface area contributed by atoms with Crippen molar-refractivity contribution in [1.82, 2.24) is 0 Å². The molecule has 0 atom stereocenters. The topological polar surface area (TPSA) is 49.3 Å². The molecule has 0 aromatic heterocycles. The van der Waals surface area contributed by atoms with Crippen molar-refractivity contribution in [3.63, 3.8) is 0 Å². The summed E-state index contributed by atoms with van der Waals surface area (Å²) in [5.74, 6) is -1.12. The zero-order chi connectivity index (χ0) is 21.4. The fourth-order valence-corrected chi connectivity index (χ4v) is 3.18. The van der Waals surface area contributed by atoms with E-state index in [1.54, 1.807) is 18.2 Å². The van der Waals surface area contributed by atoms with Crippen molar-refractivity contribution in [2.75, 3.05) is 11.9 Å². The molecule has 3 nitrogen and oxygen atoms in total. The monoisotopic (exact) mass is 409 g/mol. The maximum Gasteiger partial charge on any atom is 0.328 e. The Morgan fingerprint density at radius 3 is 2.03 bits per heavy atom. The van der Waals surface area contributed by atoms with Crippen LogP contribution in [-0.4, -0.2) is 17.6 Å². The van der Waals surface area contributed by atoms with Gasteiger partial charge in [-0.1, -0.05) is 68.5 Å². The molecule has 30 heavy (non-hydrogen) atoms. The molecule has 0 unspecified atom stereocenters. The molecule has 0 radical (unpaired) electrons. The highest BCUT2D eigenvalue weighted by atomic mass is 19.1. The summed E-state index contributed by atoms with van der Waals surface area (Å²) in [4.78, 5) is 10.5. The molecule has 0 spiro atoms. The highest BCUT2D eigenvalue weighted by Crippen LogP contribution is 2.13. The lowest BCUT2D eigenvalue weighted by Crippen LogP contribution is -2.01. The number of halogens is 1. The molecule has 0 amide bonds. The van der Waals surface area contributed by atoms with E-state index < -0.39 is 5.97 Å². The smallest absolute Gasteiger partial charge is 0.328 e.